The van der Waals surface area contributed by atoms with Crippen LogP contribution in [0.3, 0.4) is 0 Å². The summed E-state index contributed by atoms with van der Waals surface area (Å²) in [5.74, 6) is 0.776. The van der Waals surface area contributed by atoms with Crippen molar-refractivity contribution in [2.24, 2.45) is 0 Å². The fourth-order valence-corrected chi connectivity index (χ4v) is 4.30. The van der Waals surface area contributed by atoms with Crippen molar-refractivity contribution in [1.29, 1.82) is 0 Å². The van der Waals surface area contributed by atoms with E-state index in [1.54, 1.807) is 31.0 Å². The second-order valence-electron chi connectivity index (χ2n) is 7.91. The maximum Gasteiger partial charge on any atom is 0.242 e. The van der Waals surface area contributed by atoms with Gasteiger partial charge in [-0.15, -0.1) is 0 Å². The Morgan fingerprint density at radius 1 is 1.09 bits per heavy atom. The van der Waals surface area contributed by atoms with Crippen LogP contribution >= 0.6 is 0 Å². The van der Waals surface area contributed by atoms with E-state index >= 15 is 0 Å². The first-order valence-corrected chi connectivity index (χ1v) is 10.8. The highest BCUT2D eigenvalue weighted by molar-refractivity contribution is 5.83. The van der Waals surface area contributed by atoms with Gasteiger partial charge in [-0.3, -0.25) is 24.6 Å². The molecule has 0 saturated carbocycles. The molecule has 2 atom stereocenters. The van der Waals surface area contributed by atoms with Crippen LogP contribution in [0, 0.1) is 0 Å². The van der Waals surface area contributed by atoms with Crippen LogP contribution in [0.1, 0.15) is 17.2 Å². The van der Waals surface area contributed by atoms with Crippen molar-refractivity contribution in [1.82, 2.24) is 25.2 Å². The Balaban J connectivity index is 1.28. The van der Waals surface area contributed by atoms with Gasteiger partial charge in [0.1, 0.15) is 17.9 Å². The van der Waals surface area contributed by atoms with E-state index in [0.717, 1.165) is 34.6 Å². The lowest BCUT2D eigenvalue weighted by molar-refractivity contribution is -0.128. The Labute approximate surface area is 186 Å². The van der Waals surface area contributed by atoms with Crippen LogP contribution in [-0.4, -0.2) is 64.7 Å². The molecule has 2 aliphatic heterocycles. The number of pyridine rings is 1. The number of rotatable bonds is 6. The third-order valence-corrected chi connectivity index (χ3v) is 5.83. The van der Waals surface area contributed by atoms with Gasteiger partial charge in [-0.25, -0.2) is 0 Å². The fourth-order valence-electron chi connectivity index (χ4n) is 4.30. The Bertz CT molecular complexity index is 1060. The molecule has 1 amide bonds. The lowest BCUT2D eigenvalue weighted by Crippen LogP contribution is -2.47. The number of carbonyl (C=O) groups is 1. The molecular weight excluding hydrogens is 406 g/mol. The second kappa shape index (κ2) is 9.42. The number of hydrogen-bond donors (Lipinski definition) is 1. The minimum Gasteiger partial charge on any atom is -0.487 e. The van der Waals surface area contributed by atoms with Crippen molar-refractivity contribution in [3.05, 3.63) is 72.4 Å². The van der Waals surface area contributed by atoms with Crippen molar-refractivity contribution < 1.29 is 14.3 Å². The summed E-state index contributed by atoms with van der Waals surface area (Å²) >= 11 is 0. The minimum atomic E-state index is -0.397. The average molecular weight is 431 g/mol. The van der Waals surface area contributed by atoms with Crippen LogP contribution in [0.25, 0.3) is 11.3 Å². The Hall–Kier alpha value is -3.36. The van der Waals surface area contributed by atoms with Crippen molar-refractivity contribution in [2.45, 2.75) is 18.6 Å². The van der Waals surface area contributed by atoms with Crippen molar-refractivity contribution in [2.75, 3.05) is 32.8 Å². The topological polar surface area (TPSA) is 89.5 Å². The lowest BCUT2D eigenvalue weighted by Gasteiger charge is -2.33. The molecule has 8 heteroatoms. The van der Waals surface area contributed by atoms with E-state index in [9.17, 15) is 4.79 Å². The number of aromatic nitrogens is 3. The molecule has 1 aromatic carbocycles. The fraction of sp³-hybridized carbons (Fsp3) is 0.333. The molecule has 2 aliphatic rings. The standard InChI is InChI=1S/C24H25N5O3/c30-24(22(18-4-2-6-25-14-18)29-9-11-31-12-10-29)28-15-19-13-17-3-1-5-20(23(17)32-19)21-16-26-7-8-27-21/h1-8,14,16,19,22H,9-13,15H2,(H,28,30). The van der Waals surface area contributed by atoms with Gasteiger partial charge in [0.05, 0.1) is 31.6 Å². The molecule has 1 N–H and O–H groups in total. The summed E-state index contributed by atoms with van der Waals surface area (Å²) in [5, 5.41) is 3.11. The van der Waals surface area contributed by atoms with Gasteiger partial charge in [0.15, 0.2) is 0 Å². The monoisotopic (exact) mass is 431 g/mol. The zero-order valence-corrected chi connectivity index (χ0v) is 17.7. The maximum absolute atomic E-state index is 13.3. The van der Waals surface area contributed by atoms with E-state index in [1.807, 2.05) is 24.3 Å². The zero-order valence-electron chi connectivity index (χ0n) is 17.7. The number of ether oxygens (including phenoxy) is 2. The quantitative estimate of drug-likeness (QED) is 0.639. The zero-order chi connectivity index (χ0) is 21.8. The van der Waals surface area contributed by atoms with E-state index in [4.69, 9.17) is 9.47 Å². The molecule has 8 nitrogen and oxygen atoms in total. The molecule has 0 bridgehead atoms. The summed E-state index contributed by atoms with van der Waals surface area (Å²) in [5.41, 5.74) is 3.70. The Morgan fingerprint density at radius 2 is 1.97 bits per heavy atom. The van der Waals surface area contributed by atoms with Gasteiger partial charge in [0.25, 0.3) is 0 Å². The molecule has 0 spiro atoms. The van der Waals surface area contributed by atoms with E-state index in [2.05, 4.69) is 31.2 Å². The predicted molar refractivity (Wildman–Crippen MR) is 118 cm³/mol. The van der Waals surface area contributed by atoms with Crippen LogP contribution in [0.2, 0.25) is 0 Å². The number of morpholine rings is 1. The highest BCUT2D eigenvalue weighted by atomic mass is 16.5. The molecular formula is C24H25N5O3. The van der Waals surface area contributed by atoms with Gasteiger partial charge in [0.2, 0.25) is 5.91 Å². The number of fused-ring (bicyclic) bond motifs is 1. The number of nitrogens with zero attached hydrogens (tertiary/aromatic N) is 4. The summed E-state index contributed by atoms with van der Waals surface area (Å²) < 4.78 is 11.7. The smallest absolute Gasteiger partial charge is 0.242 e. The first-order valence-electron chi connectivity index (χ1n) is 10.8. The Kier molecular flexibility index (Phi) is 6.04. The molecule has 2 aromatic heterocycles. The van der Waals surface area contributed by atoms with Gasteiger partial charge < -0.3 is 14.8 Å². The van der Waals surface area contributed by atoms with E-state index in [-0.39, 0.29) is 12.0 Å². The average Bonchev–Trinajstić information content (AvgIpc) is 3.28. The van der Waals surface area contributed by atoms with E-state index in [0.29, 0.717) is 32.8 Å². The maximum atomic E-state index is 13.3. The van der Waals surface area contributed by atoms with Crippen molar-refractivity contribution in [3.63, 3.8) is 0 Å². The van der Waals surface area contributed by atoms with Crippen LogP contribution < -0.4 is 10.1 Å². The molecule has 5 rings (SSSR count). The minimum absolute atomic E-state index is 0.0476. The van der Waals surface area contributed by atoms with Crippen LogP contribution in [0.5, 0.6) is 5.75 Å². The predicted octanol–water partition coefficient (Wildman–Crippen LogP) is 2.03. The molecule has 1 fully saturated rings. The molecule has 32 heavy (non-hydrogen) atoms. The molecule has 1 saturated heterocycles. The van der Waals surface area contributed by atoms with Crippen LogP contribution in [0.4, 0.5) is 0 Å². The van der Waals surface area contributed by atoms with Gasteiger partial charge in [-0.05, 0) is 23.3 Å². The lowest BCUT2D eigenvalue weighted by atomic mass is 10.0. The highest BCUT2D eigenvalue weighted by Crippen LogP contribution is 2.37. The SMILES string of the molecule is O=C(NCC1Cc2cccc(-c3cnccn3)c2O1)C(c1cccnc1)N1CCOCC1. The highest BCUT2D eigenvalue weighted by Gasteiger charge is 2.31. The van der Waals surface area contributed by atoms with Gasteiger partial charge in [-0.2, -0.15) is 0 Å². The number of nitrogens with one attached hydrogen (secondary N) is 1. The van der Waals surface area contributed by atoms with Gasteiger partial charge in [-0.1, -0.05) is 18.2 Å². The molecule has 2 unspecified atom stereocenters. The first kappa shape index (κ1) is 20.5. The van der Waals surface area contributed by atoms with Crippen LogP contribution in [-0.2, 0) is 16.0 Å². The molecule has 164 valence electrons. The number of amides is 1. The van der Waals surface area contributed by atoms with Gasteiger partial charge >= 0.3 is 0 Å². The molecule has 0 aliphatic carbocycles. The van der Waals surface area contributed by atoms with Gasteiger partial charge in [0, 0.05) is 49.9 Å². The molecule has 3 aromatic rings. The molecule has 4 heterocycles. The van der Waals surface area contributed by atoms with Crippen LogP contribution in [0.15, 0.2) is 61.3 Å². The number of para-hydroxylation sites is 1. The summed E-state index contributed by atoms with van der Waals surface area (Å²) in [7, 11) is 0. The Morgan fingerprint density at radius 3 is 2.75 bits per heavy atom. The third kappa shape index (κ3) is 4.32. The summed E-state index contributed by atoms with van der Waals surface area (Å²) in [4.78, 5) is 28.2. The normalized spacial score (nSPS) is 19.1. The van der Waals surface area contributed by atoms with E-state index < -0.39 is 6.04 Å². The number of carbonyl (C=O) groups excluding carboxylic acids is 1. The summed E-state index contributed by atoms with van der Waals surface area (Å²) in [6.45, 7) is 3.08. The van der Waals surface area contributed by atoms with E-state index in [1.165, 1.54) is 0 Å². The van der Waals surface area contributed by atoms with Crippen molar-refractivity contribution in [3.8, 4) is 17.0 Å². The summed E-state index contributed by atoms with van der Waals surface area (Å²) in [6.07, 6.45) is 9.13. The molecule has 0 radical (unpaired) electrons. The third-order valence-electron chi connectivity index (χ3n) is 5.83. The number of benzene rings is 1. The summed E-state index contributed by atoms with van der Waals surface area (Å²) in [6, 6.07) is 9.46. The largest absolute Gasteiger partial charge is 0.487 e. The second-order valence-corrected chi connectivity index (χ2v) is 7.91. The number of hydrogen-bond acceptors (Lipinski definition) is 7. The van der Waals surface area contributed by atoms with Crippen molar-refractivity contribution >= 4 is 5.91 Å². The first-order chi connectivity index (χ1) is 15.8.